The van der Waals surface area contributed by atoms with Gasteiger partial charge in [0.05, 0.1) is 25.3 Å². The predicted octanol–water partition coefficient (Wildman–Crippen LogP) is 2.74. The van der Waals surface area contributed by atoms with E-state index in [0.717, 1.165) is 0 Å². The summed E-state index contributed by atoms with van der Waals surface area (Å²) in [6.07, 6.45) is 0. The Morgan fingerprint density at radius 2 is 1.68 bits per heavy atom. The van der Waals surface area contributed by atoms with Crippen molar-refractivity contribution in [2.24, 2.45) is 0 Å². The van der Waals surface area contributed by atoms with Crippen LogP contribution in [0.15, 0.2) is 48.5 Å². The van der Waals surface area contributed by atoms with Gasteiger partial charge in [0.1, 0.15) is 11.5 Å². The van der Waals surface area contributed by atoms with Crippen molar-refractivity contribution in [3.05, 3.63) is 59.7 Å². The first-order valence-corrected chi connectivity index (χ1v) is 6.63. The van der Waals surface area contributed by atoms with Gasteiger partial charge in [-0.1, -0.05) is 18.2 Å². The number of Topliss-reactive ketones (excluding diaryl/α,β-unsaturated/α-hetero) is 1. The largest absolute Gasteiger partial charge is 0.497 e. The van der Waals surface area contributed by atoms with E-state index in [0.29, 0.717) is 22.6 Å². The summed E-state index contributed by atoms with van der Waals surface area (Å²) < 4.78 is 15.3. The smallest absolute Gasteiger partial charge is 0.338 e. The van der Waals surface area contributed by atoms with Crippen LogP contribution in [0, 0.1) is 0 Å². The molecule has 0 saturated carbocycles. The van der Waals surface area contributed by atoms with Crippen LogP contribution in [-0.2, 0) is 4.74 Å². The minimum absolute atomic E-state index is 0.308. The van der Waals surface area contributed by atoms with Gasteiger partial charge in [-0.3, -0.25) is 4.79 Å². The van der Waals surface area contributed by atoms with Crippen molar-refractivity contribution in [3.8, 4) is 11.5 Å². The summed E-state index contributed by atoms with van der Waals surface area (Å²) in [6.45, 7) is -0.364. The maximum atomic E-state index is 12.2. The van der Waals surface area contributed by atoms with Crippen molar-refractivity contribution in [2.45, 2.75) is 0 Å². The molecule has 114 valence electrons. The average Bonchev–Trinajstić information content (AvgIpc) is 2.59. The molecular formula is C17H16O5. The van der Waals surface area contributed by atoms with Gasteiger partial charge in [-0.2, -0.15) is 0 Å². The summed E-state index contributed by atoms with van der Waals surface area (Å²) in [4.78, 5) is 24.0. The van der Waals surface area contributed by atoms with Gasteiger partial charge in [0.2, 0.25) is 5.78 Å². The van der Waals surface area contributed by atoms with Crippen LogP contribution in [0.2, 0.25) is 0 Å². The van der Waals surface area contributed by atoms with Crippen LogP contribution in [0.25, 0.3) is 0 Å². The Bertz CT molecular complexity index is 664. The molecule has 5 heteroatoms. The van der Waals surface area contributed by atoms with Crippen LogP contribution in [0.1, 0.15) is 20.7 Å². The summed E-state index contributed by atoms with van der Waals surface area (Å²) in [5, 5.41) is 0. The lowest BCUT2D eigenvalue weighted by Crippen LogP contribution is -2.15. The number of rotatable bonds is 6. The van der Waals surface area contributed by atoms with Crippen molar-refractivity contribution in [1.29, 1.82) is 0 Å². The highest BCUT2D eigenvalue weighted by atomic mass is 16.5. The zero-order valence-electron chi connectivity index (χ0n) is 12.4. The second-order valence-corrected chi connectivity index (χ2v) is 4.43. The Labute approximate surface area is 128 Å². The number of benzene rings is 2. The van der Waals surface area contributed by atoms with E-state index in [9.17, 15) is 9.59 Å². The first-order chi connectivity index (χ1) is 10.7. The molecule has 5 nitrogen and oxygen atoms in total. The van der Waals surface area contributed by atoms with Gasteiger partial charge in [0.25, 0.3) is 0 Å². The number of ketones is 1. The average molecular weight is 300 g/mol. The van der Waals surface area contributed by atoms with E-state index in [4.69, 9.17) is 14.2 Å². The van der Waals surface area contributed by atoms with Gasteiger partial charge in [0.15, 0.2) is 6.61 Å². The van der Waals surface area contributed by atoms with Gasteiger partial charge < -0.3 is 14.2 Å². The van der Waals surface area contributed by atoms with Crippen LogP contribution in [-0.4, -0.2) is 32.6 Å². The van der Waals surface area contributed by atoms with E-state index in [1.54, 1.807) is 48.5 Å². The minimum atomic E-state index is -0.546. The van der Waals surface area contributed by atoms with Crippen molar-refractivity contribution in [1.82, 2.24) is 0 Å². The Kier molecular flexibility index (Phi) is 5.14. The summed E-state index contributed by atoms with van der Waals surface area (Å²) >= 11 is 0. The first kappa shape index (κ1) is 15.6. The molecule has 2 aromatic carbocycles. The number of carbonyl (C=O) groups excluding carboxylic acids is 2. The highest BCUT2D eigenvalue weighted by molar-refractivity contribution is 6.01. The van der Waals surface area contributed by atoms with Crippen LogP contribution in [0.3, 0.4) is 0 Å². The molecule has 2 rings (SSSR count). The van der Waals surface area contributed by atoms with E-state index < -0.39 is 5.97 Å². The molecule has 0 aliphatic carbocycles. The molecular weight excluding hydrogens is 284 g/mol. The van der Waals surface area contributed by atoms with Crippen molar-refractivity contribution in [3.63, 3.8) is 0 Å². The van der Waals surface area contributed by atoms with Crippen molar-refractivity contribution >= 4 is 11.8 Å². The number of methoxy groups -OCH3 is 2. The second-order valence-electron chi connectivity index (χ2n) is 4.43. The predicted molar refractivity (Wildman–Crippen MR) is 80.6 cm³/mol. The monoisotopic (exact) mass is 300 g/mol. The van der Waals surface area contributed by atoms with Crippen LogP contribution < -0.4 is 9.47 Å². The number of carbonyl (C=O) groups is 2. The van der Waals surface area contributed by atoms with E-state index in [1.807, 2.05) is 0 Å². The fourth-order valence-corrected chi connectivity index (χ4v) is 1.90. The molecule has 2 aromatic rings. The molecule has 0 saturated heterocycles. The van der Waals surface area contributed by atoms with Gasteiger partial charge >= 0.3 is 5.97 Å². The van der Waals surface area contributed by atoms with Crippen LogP contribution >= 0.6 is 0 Å². The molecule has 0 aliphatic heterocycles. The normalized spacial score (nSPS) is 9.91. The van der Waals surface area contributed by atoms with E-state index in [2.05, 4.69) is 0 Å². The molecule has 0 fully saturated rings. The van der Waals surface area contributed by atoms with Crippen LogP contribution in [0.5, 0.6) is 11.5 Å². The standard InChI is InChI=1S/C17H16O5/c1-20-13-8-9-16(21-2)14(10-13)15(18)11-22-17(19)12-6-4-3-5-7-12/h3-10H,11H2,1-2H3. The van der Waals surface area contributed by atoms with Gasteiger partial charge in [-0.15, -0.1) is 0 Å². The van der Waals surface area contributed by atoms with Gasteiger partial charge in [-0.25, -0.2) is 4.79 Å². The second kappa shape index (κ2) is 7.26. The molecule has 0 aromatic heterocycles. The molecule has 0 heterocycles. The molecule has 0 bridgehead atoms. The lowest BCUT2D eigenvalue weighted by Gasteiger charge is -2.10. The summed E-state index contributed by atoms with van der Waals surface area (Å²) in [5.74, 6) is 0.0240. The minimum Gasteiger partial charge on any atom is -0.497 e. The fraction of sp³-hybridized carbons (Fsp3) is 0.176. The quantitative estimate of drug-likeness (QED) is 0.606. The summed E-state index contributed by atoms with van der Waals surface area (Å²) in [5.41, 5.74) is 0.704. The highest BCUT2D eigenvalue weighted by Gasteiger charge is 2.16. The number of hydrogen-bond acceptors (Lipinski definition) is 5. The fourth-order valence-electron chi connectivity index (χ4n) is 1.90. The van der Waals surface area contributed by atoms with E-state index >= 15 is 0 Å². The molecule has 0 amide bonds. The molecule has 22 heavy (non-hydrogen) atoms. The number of ether oxygens (including phenoxy) is 3. The Morgan fingerprint density at radius 3 is 2.32 bits per heavy atom. The maximum absolute atomic E-state index is 12.2. The molecule has 0 unspecified atom stereocenters. The number of hydrogen-bond donors (Lipinski definition) is 0. The lowest BCUT2D eigenvalue weighted by molar-refractivity contribution is 0.0474. The van der Waals surface area contributed by atoms with Crippen molar-refractivity contribution in [2.75, 3.05) is 20.8 Å². The molecule has 0 aliphatic rings. The topological polar surface area (TPSA) is 61.8 Å². The maximum Gasteiger partial charge on any atom is 0.338 e. The Balaban J connectivity index is 2.08. The van der Waals surface area contributed by atoms with Gasteiger partial charge in [0, 0.05) is 0 Å². The summed E-state index contributed by atoms with van der Waals surface area (Å²) in [6, 6.07) is 13.4. The van der Waals surface area contributed by atoms with Gasteiger partial charge in [-0.05, 0) is 30.3 Å². The lowest BCUT2D eigenvalue weighted by atomic mass is 10.1. The third-order valence-corrected chi connectivity index (χ3v) is 3.05. The SMILES string of the molecule is COc1ccc(OC)c(C(=O)COC(=O)c2ccccc2)c1. The molecule has 0 radical (unpaired) electrons. The summed E-state index contributed by atoms with van der Waals surface area (Å²) in [7, 11) is 2.97. The van der Waals surface area contributed by atoms with Crippen molar-refractivity contribution < 1.29 is 23.8 Å². The Morgan fingerprint density at radius 1 is 0.955 bits per heavy atom. The molecule has 0 N–H and O–H groups in total. The van der Waals surface area contributed by atoms with E-state index in [1.165, 1.54) is 14.2 Å². The molecule has 0 atom stereocenters. The molecule has 0 spiro atoms. The Hall–Kier alpha value is -2.82. The van der Waals surface area contributed by atoms with Crippen LogP contribution in [0.4, 0.5) is 0 Å². The number of esters is 1. The third-order valence-electron chi connectivity index (χ3n) is 3.05. The zero-order valence-corrected chi connectivity index (χ0v) is 12.4. The first-order valence-electron chi connectivity index (χ1n) is 6.63. The zero-order chi connectivity index (χ0) is 15.9. The highest BCUT2D eigenvalue weighted by Crippen LogP contribution is 2.24. The van der Waals surface area contributed by atoms with E-state index in [-0.39, 0.29) is 12.4 Å². The third kappa shape index (κ3) is 3.63.